The van der Waals surface area contributed by atoms with Crippen molar-refractivity contribution in [2.24, 2.45) is 0 Å². The third kappa shape index (κ3) is 3.11. The van der Waals surface area contributed by atoms with Crippen molar-refractivity contribution in [2.75, 3.05) is 25.5 Å². The zero-order chi connectivity index (χ0) is 13.1. The van der Waals surface area contributed by atoms with Crippen molar-refractivity contribution in [2.45, 2.75) is 57.0 Å². The van der Waals surface area contributed by atoms with E-state index in [1.54, 1.807) is 0 Å². The lowest BCUT2D eigenvalue weighted by atomic mass is 9.95. The maximum Gasteiger partial charge on any atom is 0.203 e. The second-order valence-corrected chi connectivity index (χ2v) is 6.20. The molecule has 1 atom stereocenters. The van der Waals surface area contributed by atoms with E-state index < -0.39 is 0 Å². The number of nitrogens with one attached hydrogen (secondary N) is 1. The molecule has 2 heterocycles. The molecule has 2 aliphatic rings. The first-order chi connectivity index (χ1) is 9.33. The Balaban J connectivity index is 1.65. The summed E-state index contributed by atoms with van der Waals surface area (Å²) in [6.07, 6.45) is 13.4. The first-order valence-electron chi connectivity index (χ1n) is 7.81. The largest absolute Gasteiger partial charge is 0.352 e. The summed E-state index contributed by atoms with van der Waals surface area (Å²) < 4.78 is 2.38. The van der Waals surface area contributed by atoms with Gasteiger partial charge in [0.05, 0.1) is 0 Å². The summed E-state index contributed by atoms with van der Waals surface area (Å²) in [6.45, 7) is 2.37. The van der Waals surface area contributed by atoms with Crippen molar-refractivity contribution >= 4 is 5.95 Å². The molecule has 4 heteroatoms. The smallest absolute Gasteiger partial charge is 0.203 e. The summed E-state index contributed by atoms with van der Waals surface area (Å²) in [5, 5.41) is 3.67. The fourth-order valence-corrected chi connectivity index (χ4v) is 3.55. The lowest BCUT2D eigenvalue weighted by molar-refractivity contribution is 0.259. The van der Waals surface area contributed by atoms with Gasteiger partial charge in [0.2, 0.25) is 5.95 Å². The van der Waals surface area contributed by atoms with Gasteiger partial charge in [-0.1, -0.05) is 19.3 Å². The van der Waals surface area contributed by atoms with Gasteiger partial charge in [-0.3, -0.25) is 0 Å². The highest BCUT2D eigenvalue weighted by molar-refractivity contribution is 5.29. The molecule has 19 heavy (non-hydrogen) atoms. The minimum atomic E-state index is 0.559. The van der Waals surface area contributed by atoms with Gasteiger partial charge in [-0.25, -0.2) is 4.98 Å². The van der Waals surface area contributed by atoms with Crippen LogP contribution in [0.1, 0.15) is 51.0 Å². The lowest BCUT2D eigenvalue weighted by Crippen LogP contribution is -2.40. The molecule has 1 aromatic heterocycles. The highest BCUT2D eigenvalue weighted by Crippen LogP contribution is 2.30. The molecule has 1 unspecified atom stereocenters. The van der Waals surface area contributed by atoms with Crippen LogP contribution in [-0.4, -0.2) is 40.6 Å². The van der Waals surface area contributed by atoms with Crippen LogP contribution in [0, 0.1) is 0 Å². The molecule has 1 aliphatic carbocycles. The van der Waals surface area contributed by atoms with Crippen LogP contribution >= 0.6 is 0 Å². The monoisotopic (exact) mass is 262 g/mol. The molecule has 0 amide bonds. The van der Waals surface area contributed by atoms with Gasteiger partial charge in [0.15, 0.2) is 0 Å². The van der Waals surface area contributed by atoms with Crippen LogP contribution in [0.25, 0.3) is 0 Å². The van der Waals surface area contributed by atoms with E-state index >= 15 is 0 Å². The maximum absolute atomic E-state index is 4.54. The molecular weight excluding hydrogens is 236 g/mol. The van der Waals surface area contributed by atoms with Gasteiger partial charge >= 0.3 is 0 Å². The molecule has 0 radical (unpaired) electrons. The van der Waals surface area contributed by atoms with Gasteiger partial charge in [0, 0.05) is 31.0 Å². The number of imidazole rings is 1. The number of piperidine rings is 1. The molecule has 4 nitrogen and oxygen atoms in total. The fraction of sp³-hybridized carbons (Fsp3) is 0.800. The van der Waals surface area contributed by atoms with Crippen LogP contribution in [-0.2, 0) is 0 Å². The molecule has 1 aliphatic heterocycles. The van der Waals surface area contributed by atoms with Crippen LogP contribution in [0.15, 0.2) is 12.4 Å². The summed E-state index contributed by atoms with van der Waals surface area (Å²) in [5.41, 5.74) is 0. The van der Waals surface area contributed by atoms with Crippen LogP contribution in [0.5, 0.6) is 0 Å². The standard InChI is InChI=1S/C15H26N4/c1-18-10-5-6-13(12-18)17-15-16-9-11-19(15)14-7-3-2-4-8-14/h9,11,13-14H,2-8,10,12H2,1H3,(H,16,17). The van der Waals surface area contributed by atoms with E-state index in [4.69, 9.17) is 0 Å². The first-order valence-corrected chi connectivity index (χ1v) is 7.81. The second kappa shape index (κ2) is 5.95. The molecule has 3 rings (SSSR count). The molecule has 1 saturated carbocycles. The number of hydrogen-bond donors (Lipinski definition) is 1. The number of nitrogens with zero attached hydrogens (tertiary/aromatic N) is 3. The number of likely N-dealkylation sites (N-methyl/N-ethyl adjacent to an activating group) is 1. The van der Waals surface area contributed by atoms with Gasteiger partial charge in [-0.2, -0.15) is 0 Å². The fourth-order valence-electron chi connectivity index (χ4n) is 3.55. The highest BCUT2D eigenvalue weighted by atomic mass is 15.2. The Labute approximate surface area is 116 Å². The number of likely N-dealkylation sites (tertiary alicyclic amines) is 1. The second-order valence-electron chi connectivity index (χ2n) is 6.20. The van der Waals surface area contributed by atoms with Crippen molar-refractivity contribution in [3.63, 3.8) is 0 Å². The Morgan fingerprint density at radius 1 is 1.16 bits per heavy atom. The van der Waals surface area contributed by atoms with Crippen molar-refractivity contribution in [1.82, 2.24) is 14.5 Å². The van der Waals surface area contributed by atoms with Gasteiger partial charge in [0.25, 0.3) is 0 Å². The third-order valence-corrected chi connectivity index (χ3v) is 4.59. The molecule has 0 spiro atoms. The summed E-state index contributed by atoms with van der Waals surface area (Å²) in [6, 6.07) is 1.23. The average molecular weight is 262 g/mol. The van der Waals surface area contributed by atoms with E-state index in [0.29, 0.717) is 12.1 Å². The van der Waals surface area contributed by atoms with Crippen LogP contribution in [0.4, 0.5) is 5.95 Å². The van der Waals surface area contributed by atoms with Crippen molar-refractivity contribution in [3.05, 3.63) is 12.4 Å². The van der Waals surface area contributed by atoms with Crippen LogP contribution in [0.2, 0.25) is 0 Å². The molecule has 2 fully saturated rings. The quantitative estimate of drug-likeness (QED) is 0.909. The Morgan fingerprint density at radius 2 is 2.00 bits per heavy atom. The van der Waals surface area contributed by atoms with E-state index in [1.165, 1.54) is 51.5 Å². The summed E-state index contributed by atoms with van der Waals surface area (Å²) in [7, 11) is 2.21. The summed E-state index contributed by atoms with van der Waals surface area (Å²) in [4.78, 5) is 6.96. The zero-order valence-electron chi connectivity index (χ0n) is 12.0. The lowest BCUT2D eigenvalue weighted by Gasteiger charge is -2.32. The summed E-state index contributed by atoms with van der Waals surface area (Å²) in [5.74, 6) is 1.09. The predicted molar refractivity (Wildman–Crippen MR) is 78.5 cm³/mol. The van der Waals surface area contributed by atoms with Crippen molar-refractivity contribution in [1.29, 1.82) is 0 Å². The topological polar surface area (TPSA) is 33.1 Å². The van der Waals surface area contributed by atoms with Gasteiger partial charge in [0.1, 0.15) is 0 Å². The Hall–Kier alpha value is -1.03. The van der Waals surface area contributed by atoms with Crippen molar-refractivity contribution in [3.8, 4) is 0 Å². The summed E-state index contributed by atoms with van der Waals surface area (Å²) >= 11 is 0. The SMILES string of the molecule is CN1CCCC(Nc2nccn2C2CCCCC2)C1. The van der Waals surface area contributed by atoms with Gasteiger partial charge in [-0.05, 0) is 39.3 Å². The predicted octanol–water partition coefficient (Wildman–Crippen LogP) is 2.89. The Bertz CT molecular complexity index is 395. The Kier molecular flexibility index (Phi) is 4.06. The molecule has 1 aromatic rings. The van der Waals surface area contributed by atoms with Crippen LogP contribution in [0.3, 0.4) is 0 Å². The number of rotatable bonds is 3. The van der Waals surface area contributed by atoms with Crippen molar-refractivity contribution < 1.29 is 0 Å². The molecule has 1 N–H and O–H groups in total. The highest BCUT2D eigenvalue weighted by Gasteiger charge is 2.21. The average Bonchev–Trinajstić information content (AvgIpc) is 2.88. The minimum Gasteiger partial charge on any atom is -0.352 e. The van der Waals surface area contributed by atoms with Gasteiger partial charge < -0.3 is 14.8 Å². The first kappa shape index (κ1) is 13.0. The van der Waals surface area contributed by atoms with E-state index in [1.807, 2.05) is 6.20 Å². The minimum absolute atomic E-state index is 0.559. The molecular formula is C15H26N4. The van der Waals surface area contributed by atoms with Crippen LogP contribution < -0.4 is 5.32 Å². The van der Waals surface area contributed by atoms with E-state index in [9.17, 15) is 0 Å². The third-order valence-electron chi connectivity index (χ3n) is 4.59. The van der Waals surface area contributed by atoms with E-state index in [0.717, 1.165) is 12.5 Å². The molecule has 0 bridgehead atoms. The zero-order valence-corrected chi connectivity index (χ0v) is 12.0. The number of aromatic nitrogens is 2. The maximum atomic E-state index is 4.54. The van der Waals surface area contributed by atoms with E-state index in [2.05, 4.69) is 33.0 Å². The van der Waals surface area contributed by atoms with Gasteiger partial charge in [-0.15, -0.1) is 0 Å². The number of anilines is 1. The molecule has 0 aromatic carbocycles. The normalized spacial score (nSPS) is 26.5. The number of hydrogen-bond acceptors (Lipinski definition) is 3. The molecule has 106 valence electrons. The Morgan fingerprint density at radius 3 is 2.79 bits per heavy atom. The molecule has 1 saturated heterocycles. The van der Waals surface area contributed by atoms with E-state index in [-0.39, 0.29) is 0 Å².